The van der Waals surface area contributed by atoms with Gasteiger partial charge in [-0.2, -0.15) is 0 Å². The Morgan fingerprint density at radius 1 is 1.53 bits per heavy atom. The van der Waals surface area contributed by atoms with Gasteiger partial charge in [-0.25, -0.2) is 4.39 Å². The van der Waals surface area contributed by atoms with Gasteiger partial charge in [0, 0.05) is 12.0 Å². The molecule has 15 heavy (non-hydrogen) atoms. The summed E-state index contributed by atoms with van der Waals surface area (Å²) < 4.78 is 18.4. The molecule has 0 bridgehead atoms. The highest BCUT2D eigenvalue weighted by Crippen LogP contribution is 2.31. The van der Waals surface area contributed by atoms with Crippen LogP contribution in [0.2, 0.25) is 0 Å². The molecule has 1 atom stereocenters. The molecular formula is C12H15FO2. The van der Waals surface area contributed by atoms with Crippen LogP contribution in [0.3, 0.4) is 0 Å². The molecule has 1 rings (SSSR count). The first-order chi connectivity index (χ1) is 7.20. The third kappa shape index (κ3) is 2.78. The van der Waals surface area contributed by atoms with E-state index in [1.807, 2.05) is 6.07 Å². The lowest BCUT2D eigenvalue weighted by Gasteiger charge is -2.13. The molecule has 1 aromatic carbocycles. The molecule has 0 aliphatic rings. The van der Waals surface area contributed by atoms with E-state index in [0.29, 0.717) is 24.2 Å². The molecular weight excluding hydrogens is 195 g/mol. The van der Waals surface area contributed by atoms with Gasteiger partial charge in [0.15, 0.2) is 0 Å². The van der Waals surface area contributed by atoms with E-state index in [4.69, 9.17) is 4.74 Å². The van der Waals surface area contributed by atoms with E-state index in [1.54, 1.807) is 12.1 Å². The summed E-state index contributed by atoms with van der Waals surface area (Å²) in [5.74, 6) is 0.564. The van der Waals surface area contributed by atoms with Gasteiger partial charge in [-0.1, -0.05) is 18.2 Å². The molecule has 82 valence electrons. The lowest BCUT2D eigenvalue weighted by Crippen LogP contribution is -1.98. The average molecular weight is 210 g/mol. The van der Waals surface area contributed by atoms with Crippen LogP contribution in [0.25, 0.3) is 0 Å². The Morgan fingerprint density at radius 3 is 2.80 bits per heavy atom. The number of hydrogen-bond donors (Lipinski definition) is 0. The number of aldehydes is 1. The van der Waals surface area contributed by atoms with Gasteiger partial charge in [-0.3, -0.25) is 0 Å². The number of rotatable bonds is 5. The fourth-order valence-corrected chi connectivity index (χ4v) is 1.58. The van der Waals surface area contributed by atoms with E-state index in [2.05, 4.69) is 0 Å². The predicted octanol–water partition coefficient (Wildman–Crippen LogP) is 2.86. The van der Waals surface area contributed by atoms with E-state index in [0.717, 1.165) is 11.8 Å². The van der Waals surface area contributed by atoms with Crippen LogP contribution in [0.4, 0.5) is 4.39 Å². The summed E-state index contributed by atoms with van der Waals surface area (Å²) in [7, 11) is 1.52. The van der Waals surface area contributed by atoms with Crippen molar-refractivity contribution in [2.45, 2.75) is 25.9 Å². The Kier molecular flexibility index (Phi) is 4.28. The zero-order chi connectivity index (χ0) is 11.3. The molecule has 3 heteroatoms. The molecule has 0 aliphatic heterocycles. The fourth-order valence-electron chi connectivity index (χ4n) is 1.58. The van der Waals surface area contributed by atoms with Crippen molar-refractivity contribution in [2.75, 3.05) is 7.11 Å². The van der Waals surface area contributed by atoms with Crippen LogP contribution < -0.4 is 4.74 Å². The number of methoxy groups -OCH3 is 1. The van der Waals surface area contributed by atoms with Gasteiger partial charge in [0.2, 0.25) is 0 Å². The largest absolute Gasteiger partial charge is 0.496 e. The highest BCUT2D eigenvalue weighted by molar-refractivity contribution is 5.52. The molecule has 0 aromatic heterocycles. The first kappa shape index (κ1) is 11.7. The topological polar surface area (TPSA) is 26.3 Å². The highest BCUT2D eigenvalue weighted by atomic mass is 19.1. The van der Waals surface area contributed by atoms with Gasteiger partial charge < -0.3 is 9.53 Å². The second-order valence-corrected chi connectivity index (χ2v) is 3.36. The number of para-hydroxylation sites is 1. The maximum atomic E-state index is 13.2. The van der Waals surface area contributed by atoms with Gasteiger partial charge in [0.05, 0.1) is 7.11 Å². The van der Waals surface area contributed by atoms with Crippen LogP contribution >= 0.6 is 0 Å². The van der Waals surface area contributed by atoms with Gasteiger partial charge in [-0.05, 0) is 18.9 Å². The van der Waals surface area contributed by atoms with E-state index in [9.17, 15) is 9.18 Å². The summed E-state index contributed by atoms with van der Waals surface area (Å²) in [4.78, 5) is 10.3. The van der Waals surface area contributed by atoms with Crippen LogP contribution in [0.5, 0.6) is 5.75 Å². The number of hydrogen-bond acceptors (Lipinski definition) is 2. The maximum absolute atomic E-state index is 13.2. The molecule has 1 unspecified atom stereocenters. The van der Waals surface area contributed by atoms with Crippen molar-refractivity contribution >= 4 is 6.29 Å². The van der Waals surface area contributed by atoms with Crippen molar-refractivity contribution in [1.29, 1.82) is 0 Å². The van der Waals surface area contributed by atoms with E-state index in [-0.39, 0.29) is 0 Å². The Bertz CT molecular complexity index is 334. The monoisotopic (exact) mass is 210 g/mol. The standard InChI is InChI=1S/C12H15FO2/c1-9(13)11-7-3-5-10(6-4-8-14)12(11)15-2/h3,5,7-9H,4,6H2,1-2H3. The van der Waals surface area contributed by atoms with Crippen LogP contribution in [0.1, 0.15) is 30.6 Å². The van der Waals surface area contributed by atoms with Crippen LogP contribution in [-0.2, 0) is 11.2 Å². The number of halogens is 1. The Balaban J connectivity index is 3.04. The van der Waals surface area contributed by atoms with E-state index in [1.165, 1.54) is 14.0 Å². The third-order valence-corrected chi connectivity index (χ3v) is 2.29. The maximum Gasteiger partial charge on any atom is 0.128 e. The fraction of sp³-hybridized carbons (Fsp3) is 0.417. The molecule has 0 saturated carbocycles. The molecule has 0 spiro atoms. The lowest BCUT2D eigenvalue weighted by molar-refractivity contribution is -0.107. The number of ether oxygens (including phenoxy) is 1. The van der Waals surface area contributed by atoms with Crippen LogP contribution in [0, 0.1) is 0 Å². The number of carbonyl (C=O) groups is 1. The van der Waals surface area contributed by atoms with Crippen LogP contribution in [-0.4, -0.2) is 13.4 Å². The summed E-state index contributed by atoms with van der Waals surface area (Å²) in [6, 6.07) is 5.34. The molecule has 0 N–H and O–H groups in total. The zero-order valence-corrected chi connectivity index (χ0v) is 9.00. The first-order valence-electron chi connectivity index (χ1n) is 4.94. The average Bonchev–Trinajstić information content (AvgIpc) is 2.25. The molecule has 0 heterocycles. The van der Waals surface area contributed by atoms with Crippen molar-refractivity contribution in [2.24, 2.45) is 0 Å². The summed E-state index contributed by atoms with van der Waals surface area (Å²) in [6.45, 7) is 1.47. The SMILES string of the molecule is COc1c(CCC=O)cccc1C(C)F. The smallest absolute Gasteiger partial charge is 0.128 e. The van der Waals surface area contributed by atoms with Gasteiger partial charge >= 0.3 is 0 Å². The van der Waals surface area contributed by atoms with Crippen molar-refractivity contribution in [3.63, 3.8) is 0 Å². The molecule has 0 amide bonds. The minimum absolute atomic E-state index is 0.431. The third-order valence-electron chi connectivity index (χ3n) is 2.29. The number of carbonyl (C=O) groups excluding carboxylic acids is 1. The van der Waals surface area contributed by atoms with Gasteiger partial charge in [0.25, 0.3) is 0 Å². The molecule has 0 radical (unpaired) electrons. The van der Waals surface area contributed by atoms with E-state index >= 15 is 0 Å². The highest BCUT2D eigenvalue weighted by Gasteiger charge is 2.13. The first-order valence-corrected chi connectivity index (χ1v) is 4.94. The van der Waals surface area contributed by atoms with E-state index < -0.39 is 6.17 Å². The number of benzene rings is 1. The quantitative estimate of drug-likeness (QED) is 0.698. The van der Waals surface area contributed by atoms with Gasteiger partial charge in [-0.15, -0.1) is 0 Å². The second-order valence-electron chi connectivity index (χ2n) is 3.36. The minimum atomic E-state index is -1.06. The Morgan fingerprint density at radius 2 is 2.27 bits per heavy atom. The summed E-state index contributed by atoms with van der Waals surface area (Å²) in [6.07, 6.45) is 0.815. The number of alkyl halides is 1. The summed E-state index contributed by atoms with van der Waals surface area (Å²) in [5.41, 5.74) is 1.42. The Hall–Kier alpha value is -1.38. The minimum Gasteiger partial charge on any atom is -0.496 e. The molecule has 1 aromatic rings. The predicted molar refractivity (Wildman–Crippen MR) is 56.9 cm³/mol. The molecule has 0 fully saturated rings. The van der Waals surface area contributed by atoms with Gasteiger partial charge in [0.1, 0.15) is 18.2 Å². The summed E-state index contributed by atoms with van der Waals surface area (Å²) in [5, 5.41) is 0. The molecule has 0 saturated heterocycles. The zero-order valence-electron chi connectivity index (χ0n) is 9.00. The van der Waals surface area contributed by atoms with Crippen molar-refractivity contribution < 1.29 is 13.9 Å². The summed E-state index contributed by atoms with van der Waals surface area (Å²) >= 11 is 0. The van der Waals surface area contributed by atoms with Crippen molar-refractivity contribution in [3.05, 3.63) is 29.3 Å². The second kappa shape index (κ2) is 5.49. The Labute approximate surface area is 89.1 Å². The van der Waals surface area contributed by atoms with Crippen molar-refractivity contribution in [1.82, 2.24) is 0 Å². The molecule has 0 aliphatic carbocycles. The molecule has 2 nitrogen and oxygen atoms in total. The number of aryl methyl sites for hydroxylation is 1. The normalized spacial score (nSPS) is 12.2. The van der Waals surface area contributed by atoms with Crippen molar-refractivity contribution in [3.8, 4) is 5.75 Å². The lowest BCUT2D eigenvalue weighted by atomic mass is 10.0. The van der Waals surface area contributed by atoms with Crippen LogP contribution in [0.15, 0.2) is 18.2 Å².